The highest BCUT2D eigenvalue weighted by Gasteiger charge is 2.66. The van der Waals surface area contributed by atoms with E-state index in [0.717, 1.165) is 16.7 Å². The summed E-state index contributed by atoms with van der Waals surface area (Å²) >= 11 is 0. The van der Waals surface area contributed by atoms with E-state index in [1.165, 1.54) is 10.8 Å². The topological polar surface area (TPSA) is 113 Å². The number of aliphatic hydroxyl groups is 1. The van der Waals surface area contributed by atoms with Gasteiger partial charge in [0.05, 0.1) is 26.4 Å². The second-order valence-electron chi connectivity index (χ2n) is 10.6. The van der Waals surface area contributed by atoms with E-state index in [-0.39, 0.29) is 37.9 Å². The monoisotopic (exact) mass is 584 g/mol. The number of ether oxygens (including phenoxy) is 4. The van der Waals surface area contributed by atoms with Crippen molar-refractivity contribution in [1.29, 1.82) is 0 Å². The van der Waals surface area contributed by atoms with Crippen molar-refractivity contribution < 1.29 is 28.4 Å². The van der Waals surface area contributed by atoms with E-state index >= 15 is 4.39 Å². The van der Waals surface area contributed by atoms with Gasteiger partial charge in [-0.25, -0.2) is 13.9 Å². The first-order valence-corrected chi connectivity index (χ1v) is 14.0. The molecule has 6 rings (SSSR count). The van der Waals surface area contributed by atoms with Gasteiger partial charge in [-0.1, -0.05) is 91.0 Å². The van der Waals surface area contributed by atoms with Crippen LogP contribution in [0.3, 0.4) is 0 Å². The Bertz CT molecular complexity index is 1620. The molecule has 0 aliphatic carbocycles. The van der Waals surface area contributed by atoms with Gasteiger partial charge in [0, 0.05) is 0 Å². The van der Waals surface area contributed by atoms with Gasteiger partial charge in [0.2, 0.25) is 5.79 Å². The fraction of sp³-hybridized carbons (Fsp3) is 0.273. The van der Waals surface area contributed by atoms with E-state index in [9.17, 15) is 5.11 Å². The fourth-order valence-corrected chi connectivity index (χ4v) is 5.46. The average Bonchev–Trinajstić information content (AvgIpc) is 3.59. The van der Waals surface area contributed by atoms with Crippen LogP contribution in [0.4, 0.5) is 10.2 Å². The van der Waals surface area contributed by atoms with Crippen LogP contribution in [0.2, 0.25) is 0 Å². The molecule has 43 heavy (non-hydrogen) atoms. The van der Waals surface area contributed by atoms with Gasteiger partial charge in [-0.2, -0.15) is 5.10 Å². The van der Waals surface area contributed by atoms with Gasteiger partial charge in [-0.3, -0.25) is 0 Å². The Morgan fingerprint density at radius 2 is 1.35 bits per heavy atom. The van der Waals surface area contributed by atoms with Crippen molar-refractivity contribution in [2.45, 2.75) is 43.4 Å². The van der Waals surface area contributed by atoms with Crippen molar-refractivity contribution in [3.05, 3.63) is 132 Å². The highest BCUT2D eigenvalue weighted by molar-refractivity contribution is 5.65. The maximum atomic E-state index is 15.5. The third kappa shape index (κ3) is 5.88. The van der Waals surface area contributed by atoms with Crippen LogP contribution in [0.25, 0.3) is 5.52 Å². The smallest absolute Gasteiger partial charge is 0.240 e. The summed E-state index contributed by atoms with van der Waals surface area (Å²) in [7, 11) is 0. The molecule has 222 valence electrons. The summed E-state index contributed by atoms with van der Waals surface area (Å²) in [5.74, 6) is -1.99. The maximum Gasteiger partial charge on any atom is 0.240 e. The lowest BCUT2D eigenvalue weighted by molar-refractivity contribution is -0.278. The number of benzene rings is 3. The van der Waals surface area contributed by atoms with Gasteiger partial charge in [0.15, 0.2) is 11.4 Å². The minimum absolute atomic E-state index is 0.107. The molecule has 1 fully saturated rings. The molecule has 0 bridgehead atoms. The van der Waals surface area contributed by atoms with Crippen LogP contribution >= 0.6 is 0 Å². The Labute approximate surface area is 248 Å². The summed E-state index contributed by atoms with van der Waals surface area (Å²) in [6.45, 7) is -0.791. The molecule has 1 saturated heterocycles. The van der Waals surface area contributed by atoms with Crippen LogP contribution in [0.5, 0.6) is 0 Å². The Balaban J connectivity index is 1.40. The van der Waals surface area contributed by atoms with Crippen LogP contribution in [-0.2, 0) is 44.6 Å². The van der Waals surface area contributed by atoms with Crippen molar-refractivity contribution in [2.24, 2.45) is 0 Å². The average molecular weight is 585 g/mol. The second kappa shape index (κ2) is 12.6. The molecule has 10 heteroatoms. The number of nitrogen functional groups attached to an aromatic ring is 1. The minimum Gasteiger partial charge on any atom is -0.382 e. The molecule has 4 atom stereocenters. The Hall–Kier alpha value is -4.19. The number of alkyl halides is 1. The van der Waals surface area contributed by atoms with Gasteiger partial charge in [0.1, 0.15) is 36.4 Å². The van der Waals surface area contributed by atoms with Gasteiger partial charge >= 0.3 is 0 Å². The number of aromatic nitrogens is 3. The molecule has 1 aliphatic heterocycles. The van der Waals surface area contributed by atoms with E-state index in [1.807, 2.05) is 91.0 Å². The maximum absolute atomic E-state index is 15.5. The largest absolute Gasteiger partial charge is 0.382 e. The number of fused-ring (bicyclic) bond motifs is 1. The Morgan fingerprint density at radius 3 is 1.93 bits per heavy atom. The highest BCUT2D eigenvalue weighted by atomic mass is 19.1. The number of halogens is 1. The van der Waals surface area contributed by atoms with Crippen LogP contribution in [-0.4, -0.2) is 50.8 Å². The summed E-state index contributed by atoms with van der Waals surface area (Å²) < 4.78 is 42.2. The van der Waals surface area contributed by atoms with Crippen LogP contribution in [0, 0.1) is 0 Å². The van der Waals surface area contributed by atoms with Crippen LogP contribution in [0.15, 0.2) is 109 Å². The molecule has 5 aromatic rings. The number of hydrogen-bond acceptors (Lipinski definition) is 8. The van der Waals surface area contributed by atoms with Crippen LogP contribution in [0.1, 0.15) is 22.4 Å². The molecular weight excluding hydrogens is 551 g/mol. The fourth-order valence-electron chi connectivity index (χ4n) is 5.46. The van der Waals surface area contributed by atoms with E-state index in [2.05, 4.69) is 10.1 Å². The summed E-state index contributed by atoms with van der Waals surface area (Å²) in [5, 5.41) is 16.8. The standard InChI is InChI=1S/C33H33FN4O5/c34-21-32(22-40-18-24-10-4-1-5-11-24)29(41-19-25-12-6-2-7-13-25)30(42-20-26-14-8-3-9-15-26)33(39,43-32)28-17-16-27-31(35)36-23-37-38(27)28/h1-17,23,29-30,39H,18-22H2,(H2,35,36,37)/t29-,30+,32+,33?/m0/s1. The summed E-state index contributed by atoms with van der Waals surface area (Å²) in [4.78, 5) is 4.04. The van der Waals surface area contributed by atoms with Crippen molar-refractivity contribution in [1.82, 2.24) is 14.6 Å². The number of anilines is 1. The summed E-state index contributed by atoms with van der Waals surface area (Å²) in [6.07, 6.45) is -1.01. The van der Waals surface area contributed by atoms with E-state index < -0.39 is 30.3 Å². The van der Waals surface area contributed by atoms with Gasteiger partial charge in [0.25, 0.3) is 0 Å². The highest BCUT2D eigenvalue weighted by Crippen LogP contribution is 2.48. The minimum atomic E-state index is -2.20. The predicted molar refractivity (Wildman–Crippen MR) is 157 cm³/mol. The van der Waals surface area contributed by atoms with E-state index in [0.29, 0.717) is 5.52 Å². The van der Waals surface area contributed by atoms with Gasteiger partial charge in [-0.15, -0.1) is 0 Å². The summed E-state index contributed by atoms with van der Waals surface area (Å²) in [5.41, 5.74) is 7.64. The molecule has 3 N–H and O–H groups in total. The zero-order chi connectivity index (χ0) is 29.7. The molecule has 1 unspecified atom stereocenters. The van der Waals surface area contributed by atoms with Crippen molar-refractivity contribution in [3.8, 4) is 0 Å². The summed E-state index contributed by atoms with van der Waals surface area (Å²) in [6, 6.07) is 31.8. The first-order chi connectivity index (χ1) is 21.0. The lowest BCUT2D eigenvalue weighted by atomic mass is 9.93. The molecular formula is C33H33FN4O5. The SMILES string of the molecule is Nc1ncnn2c(C3(O)O[C@](CF)(COCc4ccccc4)[C@@H](OCc4ccccc4)[C@H]3OCc3ccccc3)ccc12. The third-order valence-electron chi connectivity index (χ3n) is 7.62. The van der Waals surface area contributed by atoms with Crippen molar-refractivity contribution >= 4 is 11.3 Å². The van der Waals surface area contributed by atoms with Crippen molar-refractivity contribution in [2.75, 3.05) is 19.0 Å². The van der Waals surface area contributed by atoms with Crippen molar-refractivity contribution in [3.63, 3.8) is 0 Å². The second-order valence-corrected chi connectivity index (χ2v) is 10.6. The molecule has 0 saturated carbocycles. The normalized spacial score (nSPS) is 23.6. The number of nitrogens with zero attached hydrogens (tertiary/aromatic N) is 3. The molecule has 0 spiro atoms. The number of rotatable bonds is 12. The number of hydrogen-bond donors (Lipinski definition) is 2. The zero-order valence-electron chi connectivity index (χ0n) is 23.5. The zero-order valence-corrected chi connectivity index (χ0v) is 23.5. The quantitative estimate of drug-likeness (QED) is 0.219. The van der Waals surface area contributed by atoms with Gasteiger partial charge in [-0.05, 0) is 28.8 Å². The van der Waals surface area contributed by atoms with Crippen LogP contribution < -0.4 is 5.73 Å². The predicted octanol–water partition coefficient (Wildman–Crippen LogP) is 4.58. The Morgan fingerprint density at radius 1 is 0.791 bits per heavy atom. The lowest BCUT2D eigenvalue weighted by Gasteiger charge is -2.32. The molecule has 3 heterocycles. The molecule has 9 nitrogen and oxygen atoms in total. The van der Waals surface area contributed by atoms with E-state index in [1.54, 1.807) is 12.1 Å². The first-order valence-electron chi connectivity index (χ1n) is 14.0. The first kappa shape index (κ1) is 28.9. The lowest BCUT2D eigenvalue weighted by Crippen LogP contribution is -2.51. The molecule has 2 aromatic heterocycles. The molecule has 0 radical (unpaired) electrons. The number of nitrogens with two attached hydrogens (primary N) is 1. The third-order valence-corrected chi connectivity index (χ3v) is 7.62. The van der Waals surface area contributed by atoms with E-state index in [4.69, 9.17) is 24.7 Å². The van der Waals surface area contributed by atoms with Gasteiger partial charge < -0.3 is 29.8 Å². The molecule has 1 aliphatic rings. The molecule has 3 aromatic carbocycles. The Kier molecular flexibility index (Phi) is 8.46. The molecule has 0 amide bonds.